The Kier molecular flexibility index (Phi) is 3.46. The molecule has 116 valence electrons. The molecule has 3 heterocycles. The molecule has 2 aromatic rings. The summed E-state index contributed by atoms with van der Waals surface area (Å²) >= 11 is 5.47. The third kappa shape index (κ3) is 2.55. The number of fused-ring (bicyclic) bond motifs is 1. The van der Waals surface area contributed by atoms with Crippen LogP contribution in [0.1, 0.15) is 12.8 Å². The van der Waals surface area contributed by atoms with Gasteiger partial charge in [0.2, 0.25) is 10.7 Å². The van der Waals surface area contributed by atoms with Crippen LogP contribution in [0.4, 0.5) is 0 Å². The fourth-order valence-corrected chi connectivity index (χ4v) is 3.20. The van der Waals surface area contributed by atoms with Crippen molar-refractivity contribution < 1.29 is 4.79 Å². The van der Waals surface area contributed by atoms with Crippen LogP contribution in [-0.4, -0.2) is 56.1 Å². The summed E-state index contributed by atoms with van der Waals surface area (Å²) < 4.78 is 4.50. The summed E-state index contributed by atoms with van der Waals surface area (Å²) in [7, 11) is 0. The average molecular weight is 317 g/mol. The summed E-state index contributed by atoms with van der Waals surface area (Å²) in [5.41, 5.74) is 0.870. The quantitative estimate of drug-likeness (QED) is 0.802. The summed E-state index contributed by atoms with van der Waals surface area (Å²) in [6.07, 6.45) is 4.10. The van der Waals surface area contributed by atoms with Crippen molar-refractivity contribution in [3.05, 3.63) is 29.2 Å². The van der Waals surface area contributed by atoms with Crippen molar-refractivity contribution in [2.45, 2.75) is 19.5 Å². The zero-order valence-electron chi connectivity index (χ0n) is 12.4. The highest BCUT2D eigenvalue weighted by atomic mass is 32.1. The lowest BCUT2D eigenvalue weighted by Gasteiger charge is -2.34. The number of carbonyl (C=O) groups is 1. The second-order valence-electron chi connectivity index (χ2n) is 6.07. The average Bonchev–Trinajstić information content (AvgIpc) is 3.35. The maximum Gasteiger partial charge on any atom is 0.225 e. The molecule has 1 saturated carbocycles. The van der Waals surface area contributed by atoms with Crippen molar-refractivity contribution in [2.75, 3.05) is 26.2 Å². The number of nitrogens with zero attached hydrogens (tertiary/aromatic N) is 5. The van der Waals surface area contributed by atoms with Crippen LogP contribution in [0.2, 0.25) is 0 Å². The number of hydrogen-bond donors (Lipinski definition) is 0. The van der Waals surface area contributed by atoms with Gasteiger partial charge in [0, 0.05) is 38.3 Å². The monoisotopic (exact) mass is 317 g/mol. The van der Waals surface area contributed by atoms with E-state index in [4.69, 9.17) is 12.2 Å². The van der Waals surface area contributed by atoms with Gasteiger partial charge in [0.1, 0.15) is 0 Å². The predicted molar refractivity (Wildman–Crippen MR) is 84.9 cm³/mol. The molecule has 7 heteroatoms. The summed E-state index contributed by atoms with van der Waals surface area (Å²) in [6.45, 7) is 4.08. The highest BCUT2D eigenvalue weighted by Gasteiger charge is 2.34. The Morgan fingerprint density at radius 3 is 2.68 bits per heavy atom. The molecule has 6 nitrogen and oxygen atoms in total. The third-order valence-electron chi connectivity index (χ3n) is 4.43. The number of aromatic nitrogens is 3. The minimum atomic E-state index is 0.318. The molecule has 4 rings (SSSR count). The molecule has 1 aliphatic carbocycles. The molecule has 0 bridgehead atoms. The van der Waals surface area contributed by atoms with Crippen molar-refractivity contribution in [1.29, 1.82) is 0 Å². The first-order valence-corrected chi connectivity index (χ1v) is 8.18. The van der Waals surface area contributed by atoms with E-state index in [1.165, 1.54) is 0 Å². The van der Waals surface area contributed by atoms with Crippen molar-refractivity contribution in [3.63, 3.8) is 0 Å². The highest BCUT2D eigenvalue weighted by Crippen LogP contribution is 2.31. The van der Waals surface area contributed by atoms with Gasteiger partial charge in [-0.15, -0.1) is 0 Å². The van der Waals surface area contributed by atoms with Gasteiger partial charge in [-0.05, 0) is 37.2 Å². The van der Waals surface area contributed by atoms with E-state index in [1.54, 1.807) is 0 Å². The highest BCUT2D eigenvalue weighted by molar-refractivity contribution is 7.71. The van der Waals surface area contributed by atoms with Crippen molar-refractivity contribution >= 4 is 23.8 Å². The summed E-state index contributed by atoms with van der Waals surface area (Å²) in [4.78, 5) is 16.4. The second-order valence-corrected chi connectivity index (χ2v) is 6.44. The molecule has 0 aromatic carbocycles. The molecular weight excluding hydrogens is 298 g/mol. The Labute approximate surface area is 133 Å². The molecule has 0 unspecified atom stereocenters. The Bertz CT molecular complexity index is 755. The van der Waals surface area contributed by atoms with Crippen LogP contribution in [0.25, 0.3) is 5.65 Å². The first-order valence-electron chi connectivity index (χ1n) is 7.78. The molecule has 0 atom stereocenters. The SMILES string of the molecule is O=C(C1CC1)N1CCN(Cn2nc3ccccn3c2=S)CC1. The molecule has 22 heavy (non-hydrogen) atoms. The predicted octanol–water partition coefficient (Wildman–Crippen LogP) is 1.38. The van der Waals surface area contributed by atoms with Gasteiger partial charge in [-0.3, -0.25) is 14.1 Å². The van der Waals surface area contributed by atoms with Crippen LogP contribution < -0.4 is 0 Å². The van der Waals surface area contributed by atoms with E-state index in [2.05, 4.69) is 10.00 Å². The largest absolute Gasteiger partial charge is 0.340 e. The molecule has 2 fully saturated rings. The van der Waals surface area contributed by atoms with E-state index in [0.717, 1.165) is 44.7 Å². The van der Waals surface area contributed by atoms with Crippen LogP contribution >= 0.6 is 12.2 Å². The van der Waals surface area contributed by atoms with Crippen LogP contribution in [0, 0.1) is 10.7 Å². The van der Waals surface area contributed by atoms with Crippen LogP contribution in [0.15, 0.2) is 24.4 Å². The van der Waals surface area contributed by atoms with Gasteiger partial charge >= 0.3 is 0 Å². The lowest BCUT2D eigenvalue weighted by atomic mass is 10.3. The molecule has 0 N–H and O–H groups in total. The number of carbonyl (C=O) groups excluding carboxylic acids is 1. The number of amides is 1. The van der Waals surface area contributed by atoms with Crippen molar-refractivity contribution in [3.8, 4) is 0 Å². The normalized spacial score (nSPS) is 19.7. The van der Waals surface area contributed by atoms with Gasteiger partial charge in [0.15, 0.2) is 5.65 Å². The number of hydrogen-bond acceptors (Lipinski definition) is 4. The van der Waals surface area contributed by atoms with Crippen LogP contribution in [-0.2, 0) is 11.5 Å². The smallest absolute Gasteiger partial charge is 0.225 e. The van der Waals surface area contributed by atoms with Gasteiger partial charge in [-0.2, -0.15) is 5.10 Å². The van der Waals surface area contributed by atoms with Gasteiger partial charge in [-0.1, -0.05) is 6.07 Å². The second kappa shape index (κ2) is 5.48. The third-order valence-corrected chi connectivity index (χ3v) is 4.84. The minimum absolute atomic E-state index is 0.318. The summed E-state index contributed by atoms with van der Waals surface area (Å²) in [5, 5.41) is 4.55. The van der Waals surface area contributed by atoms with Crippen molar-refractivity contribution in [2.24, 2.45) is 5.92 Å². The van der Waals surface area contributed by atoms with Crippen LogP contribution in [0.5, 0.6) is 0 Å². The zero-order valence-corrected chi connectivity index (χ0v) is 13.2. The number of rotatable bonds is 3. The Balaban J connectivity index is 1.42. The van der Waals surface area contributed by atoms with Crippen LogP contribution in [0.3, 0.4) is 0 Å². The molecule has 2 aliphatic rings. The molecular formula is C15H19N5OS. The van der Waals surface area contributed by atoms with E-state index in [1.807, 2.05) is 38.4 Å². The Morgan fingerprint density at radius 2 is 2.00 bits per heavy atom. The van der Waals surface area contributed by atoms with Gasteiger partial charge in [0.25, 0.3) is 0 Å². The maximum absolute atomic E-state index is 12.1. The zero-order chi connectivity index (χ0) is 15.1. The summed E-state index contributed by atoms with van der Waals surface area (Å²) in [5.74, 6) is 0.669. The Morgan fingerprint density at radius 1 is 1.23 bits per heavy atom. The molecule has 1 aliphatic heterocycles. The summed E-state index contributed by atoms with van der Waals surface area (Å²) in [6, 6.07) is 5.87. The fraction of sp³-hybridized carbons (Fsp3) is 0.533. The van der Waals surface area contributed by atoms with Crippen molar-refractivity contribution in [1.82, 2.24) is 24.0 Å². The first kappa shape index (κ1) is 13.9. The molecule has 1 amide bonds. The maximum atomic E-state index is 12.1. The van der Waals surface area contributed by atoms with E-state index in [9.17, 15) is 4.79 Å². The molecule has 0 spiro atoms. The first-order chi connectivity index (χ1) is 10.7. The van der Waals surface area contributed by atoms with E-state index in [0.29, 0.717) is 23.3 Å². The molecule has 1 saturated heterocycles. The minimum Gasteiger partial charge on any atom is -0.340 e. The lowest BCUT2D eigenvalue weighted by Crippen LogP contribution is -2.49. The Hall–Kier alpha value is -1.73. The number of piperazine rings is 1. The van der Waals surface area contributed by atoms with E-state index in [-0.39, 0.29) is 0 Å². The van der Waals surface area contributed by atoms with Gasteiger partial charge < -0.3 is 4.90 Å². The van der Waals surface area contributed by atoms with E-state index >= 15 is 0 Å². The van der Waals surface area contributed by atoms with Gasteiger partial charge in [0.05, 0.1) is 6.67 Å². The number of pyridine rings is 1. The van der Waals surface area contributed by atoms with Gasteiger partial charge in [-0.25, -0.2) is 4.68 Å². The lowest BCUT2D eigenvalue weighted by molar-refractivity contribution is -0.134. The molecule has 2 aromatic heterocycles. The van der Waals surface area contributed by atoms with E-state index < -0.39 is 0 Å². The standard InChI is InChI=1S/C15H19N5OS/c21-14(12-4-5-12)18-9-7-17(8-10-18)11-20-15(22)19-6-2-1-3-13(19)16-20/h1-3,6,12H,4-5,7-11H2. The topological polar surface area (TPSA) is 45.8 Å². The fourth-order valence-electron chi connectivity index (χ4n) is 2.95. The molecule has 0 radical (unpaired) electrons.